The van der Waals surface area contributed by atoms with Gasteiger partial charge in [0.25, 0.3) is 0 Å². The van der Waals surface area contributed by atoms with Crippen LogP contribution in [0.1, 0.15) is 47.0 Å². The third kappa shape index (κ3) is 3.19. The van der Waals surface area contributed by atoms with Gasteiger partial charge in [-0.2, -0.15) is 0 Å². The molecule has 1 saturated carbocycles. The lowest BCUT2D eigenvalue weighted by Gasteiger charge is -2.46. The zero-order valence-corrected chi connectivity index (χ0v) is 12.3. The quantitative estimate of drug-likeness (QED) is 0.610. The lowest BCUT2D eigenvalue weighted by Crippen LogP contribution is -2.49. The van der Waals surface area contributed by atoms with E-state index in [2.05, 4.69) is 6.92 Å². The molecule has 4 nitrogen and oxygen atoms in total. The second-order valence-electron chi connectivity index (χ2n) is 6.85. The Morgan fingerprint density at radius 1 is 1.37 bits per heavy atom. The van der Waals surface area contributed by atoms with Gasteiger partial charge in [-0.3, -0.25) is 0 Å². The van der Waals surface area contributed by atoms with Crippen LogP contribution in [0.5, 0.6) is 0 Å². The lowest BCUT2D eigenvalue weighted by atomic mass is 9.72. The first-order valence-electron chi connectivity index (χ1n) is 7.16. The van der Waals surface area contributed by atoms with E-state index in [9.17, 15) is 10.2 Å². The summed E-state index contributed by atoms with van der Waals surface area (Å²) in [7, 11) is 0. The molecule has 1 saturated heterocycles. The number of fused-ring (bicyclic) bond motifs is 2. The Bertz CT molecular complexity index is 347. The SMILES string of the molecule is C[C@H]1CC[C@@H]2C[C@H]1OO[C@@]2(C)/C=C/[C@H](O)C(C)(C)O. The third-order valence-corrected chi connectivity index (χ3v) is 4.62. The monoisotopic (exact) mass is 270 g/mol. The number of hydrogen-bond donors (Lipinski definition) is 2. The second-order valence-corrected chi connectivity index (χ2v) is 6.85. The fourth-order valence-electron chi connectivity index (χ4n) is 2.85. The van der Waals surface area contributed by atoms with Gasteiger partial charge in [0, 0.05) is 0 Å². The summed E-state index contributed by atoms with van der Waals surface area (Å²) < 4.78 is 0. The number of aliphatic hydroxyl groups is 2. The van der Waals surface area contributed by atoms with Crippen molar-refractivity contribution in [3.63, 3.8) is 0 Å². The summed E-state index contributed by atoms with van der Waals surface area (Å²) in [5.74, 6) is 0.958. The highest BCUT2D eigenvalue weighted by molar-refractivity contribution is 5.09. The van der Waals surface area contributed by atoms with Crippen molar-refractivity contribution in [2.75, 3.05) is 0 Å². The van der Waals surface area contributed by atoms with Crippen LogP contribution in [0.2, 0.25) is 0 Å². The first-order chi connectivity index (χ1) is 8.72. The van der Waals surface area contributed by atoms with Gasteiger partial charge in [-0.25, -0.2) is 9.78 Å². The fraction of sp³-hybridized carbons (Fsp3) is 0.867. The molecular weight excluding hydrogens is 244 g/mol. The van der Waals surface area contributed by atoms with Gasteiger partial charge in [-0.1, -0.05) is 19.1 Å². The van der Waals surface area contributed by atoms with Crippen molar-refractivity contribution in [1.29, 1.82) is 0 Å². The second kappa shape index (κ2) is 5.17. The van der Waals surface area contributed by atoms with Crippen LogP contribution in [-0.2, 0) is 9.78 Å². The highest BCUT2D eigenvalue weighted by Crippen LogP contribution is 2.44. The van der Waals surface area contributed by atoms with E-state index in [0.29, 0.717) is 11.8 Å². The molecule has 2 rings (SSSR count). The van der Waals surface area contributed by atoms with Gasteiger partial charge in [0.05, 0.1) is 11.7 Å². The Morgan fingerprint density at radius 2 is 2.05 bits per heavy atom. The van der Waals surface area contributed by atoms with Gasteiger partial charge in [-0.15, -0.1) is 0 Å². The minimum Gasteiger partial charge on any atom is -0.387 e. The van der Waals surface area contributed by atoms with Crippen molar-refractivity contribution in [3.05, 3.63) is 12.2 Å². The van der Waals surface area contributed by atoms with Crippen molar-refractivity contribution < 1.29 is 20.0 Å². The van der Waals surface area contributed by atoms with E-state index in [4.69, 9.17) is 9.78 Å². The van der Waals surface area contributed by atoms with Gasteiger partial charge >= 0.3 is 0 Å². The Morgan fingerprint density at radius 3 is 2.68 bits per heavy atom. The summed E-state index contributed by atoms with van der Waals surface area (Å²) in [4.78, 5) is 11.1. The van der Waals surface area contributed by atoms with E-state index in [1.54, 1.807) is 19.9 Å². The molecule has 4 heteroatoms. The van der Waals surface area contributed by atoms with Crippen LogP contribution >= 0.6 is 0 Å². The van der Waals surface area contributed by atoms with Gasteiger partial charge in [0.2, 0.25) is 0 Å². The molecule has 2 bridgehead atoms. The van der Waals surface area contributed by atoms with E-state index in [-0.39, 0.29) is 6.10 Å². The Balaban J connectivity index is 2.05. The predicted molar refractivity (Wildman–Crippen MR) is 72.3 cm³/mol. The predicted octanol–water partition coefficient (Wildman–Crippen LogP) is 2.20. The summed E-state index contributed by atoms with van der Waals surface area (Å²) in [5, 5.41) is 19.6. The summed E-state index contributed by atoms with van der Waals surface area (Å²) in [6, 6.07) is 0. The third-order valence-electron chi connectivity index (χ3n) is 4.62. The first kappa shape index (κ1) is 15.0. The Kier molecular flexibility index (Phi) is 4.07. The van der Waals surface area contributed by atoms with Gasteiger partial charge in [-0.05, 0) is 51.9 Å². The number of aliphatic hydroxyl groups excluding tert-OH is 1. The Hall–Kier alpha value is -0.420. The molecule has 1 aliphatic heterocycles. The molecule has 1 heterocycles. The highest BCUT2D eigenvalue weighted by atomic mass is 17.2. The minimum absolute atomic E-state index is 0.194. The van der Waals surface area contributed by atoms with E-state index in [0.717, 1.165) is 19.3 Å². The van der Waals surface area contributed by atoms with Crippen LogP contribution in [0.15, 0.2) is 12.2 Å². The molecule has 1 aliphatic carbocycles. The lowest BCUT2D eigenvalue weighted by molar-refractivity contribution is -0.421. The summed E-state index contributed by atoms with van der Waals surface area (Å²) in [5.41, 5.74) is -1.66. The zero-order chi connectivity index (χ0) is 14.3. The van der Waals surface area contributed by atoms with Crippen LogP contribution in [0.3, 0.4) is 0 Å². The average Bonchev–Trinajstić information content (AvgIpc) is 2.33. The average molecular weight is 270 g/mol. The molecule has 2 N–H and O–H groups in total. The van der Waals surface area contributed by atoms with Crippen molar-refractivity contribution in [2.24, 2.45) is 11.8 Å². The number of hydrogen-bond acceptors (Lipinski definition) is 4. The summed E-state index contributed by atoms with van der Waals surface area (Å²) in [6.45, 7) is 7.35. The molecule has 2 fully saturated rings. The van der Waals surface area contributed by atoms with E-state index < -0.39 is 17.3 Å². The molecular formula is C15H26O4. The zero-order valence-electron chi connectivity index (χ0n) is 12.3. The van der Waals surface area contributed by atoms with Crippen molar-refractivity contribution >= 4 is 0 Å². The van der Waals surface area contributed by atoms with Crippen molar-refractivity contribution in [2.45, 2.75) is 70.4 Å². The maximum Gasteiger partial charge on any atom is 0.122 e. The van der Waals surface area contributed by atoms with Crippen molar-refractivity contribution in [1.82, 2.24) is 0 Å². The topological polar surface area (TPSA) is 58.9 Å². The van der Waals surface area contributed by atoms with E-state index in [1.165, 1.54) is 0 Å². The largest absolute Gasteiger partial charge is 0.387 e. The molecule has 0 unspecified atom stereocenters. The summed E-state index contributed by atoms with van der Waals surface area (Å²) >= 11 is 0. The van der Waals surface area contributed by atoms with Gasteiger partial charge in [0.1, 0.15) is 11.7 Å². The highest BCUT2D eigenvalue weighted by Gasteiger charge is 2.45. The van der Waals surface area contributed by atoms with Crippen LogP contribution in [-0.4, -0.2) is 33.6 Å². The van der Waals surface area contributed by atoms with Crippen LogP contribution in [0.4, 0.5) is 0 Å². The van der Waals surface area contributed by atoms with Crippen LogP contribution in [0, 0.1) is 11.8 Å². The smallest absolute Gasteiger partial charge is 0.122 e. The van der Waals surface area contributed by atoms with E-state index in [1.807, 2.05) is 13.0 Å². The van der Waals surface area contributed by atoms with Gasteiger partial charge < -0.3 is 10.2 Å². The molecule has 0 aromatic heterocycles. The number of rotatable bonds is 3. The van der Waals surface area contributed by atoms with Crippen molar-refractivity contribution in [3.8, 4) is 0 Å². The standard InChI is InChI=1S/C15H26O4/c1-10-5-6-11-9-12(10)18-19-15(11,4)8-7-13(16)14(2,3)17/h7-8,10-13,16-17H,5-6,9H2,1-4H3/b8-7+/t10-,11+,12+,13-,15-/m0/s1. The fourth-order valence-corrected chi connectivity index (χ4v) is 2.85. The molecule has 110 valence electrons. The maximum atomic E-state index is 9.86. The molecule has 5 atom stereocenters. The summed E-state index contributed by atoms with van der Waals surface area (Å²) in [6.07, 6.45) is 6.00. The molecule has 19 heavy (non-hydrogen) atoms. The molecule has 0 aromatic carbocycles. The molecule has 0 aromatic rings. The normalized spacial score (nSPS) is 41.5. The van der Waals surface area contributed by atoms with Crippen LogP contribution in [0.25, 0.3) is 0 Å². The first-order valence-corrected chi connectivity index (χ1v) is 7.16. The molecule has 0 spiro atoms. The van der Waals surface area contributed by atoms with Gasteiger partial charge in [0.15, 0.2) is 0 Å². The maximum absolute atomic E-state index is 9.86. The molecule has 0 radical (unpaired) electrons. The molecule has 2 aliphatic rings. The Labute approximate surface area is 115 Å². The minimum atomic E-state index is -1.15. The van der Waals surface area contributed by atoms with E-state index >= 15 is 0 Å². The van der Waals surface area contributed by atoms with Crippen LogP contribution < -0.4 is 0 Å². The molecule has 0 amide bonds.